The van der Waals surface area contributed by atoms with E-state index in [9.17, 15) is 10.1 Å². The van der Waals surface area contributed by atoms with Crippen LogP contribution in [0, 0.1) is 11.3 Å². The summed E-state index contributed by atoms with van der Waals surface area (Å²) in [6, 6.07) is 17.8. The summed E-state index contributed by atoms with van der Waals surface area (Å²) in [6.07, 6.45) is 0.143. The van der Waals surface area contributed by atoms with Crippen molar-refractivity contribution in [1.29, 1.82) is 5.26 Å². The van der Waals surface area contributed by atoms with Crippen LogP contribution in [-0.2, 0) is 4.79 Å². The number of alkyl halides is 1. The molecule has 0 heterocycles. The molecule has 1 amide bonds. The third-order valence-electron chi connectivity index (χ3n) is 3.42. The number of methoxy groups -OCH3 is 1. The van der Waals surface area contributed by atoms with E-state index in [1.54, 1.807) is 18.2 Å². The van der Waals surface area contributed by atoms with Crippen molar-refractivity contribution in [3.63, 3.8) is 0 Å². The molecule has 0 saturated carbocycles. The fourth-order valence-electron chi connectivity index (χ4n) is 2.36. The van der Waals surface area contributed by atoms with Crippen LogP contribution in [0.2, 0.25) is 0 Å². The lowest BCUT2D eigenvalue weighted by Crippen LogP contribution is -2.34. The van der Waals surface area contributed by atoms with Gasteiger partial charge >= 0.3 is 0 Å². The Bertz CT molecular complexity index is 698. The van der Waals surface area contributed by atoms with Crippen LogP contribution >= 0.6 is 11.6 Å². The number of carbonyl (C=O) groups excluding carboxylic acids is 1. The number of rotatable bonds is 6. The number of nitriles is 1. The van der Waals surface area contributed by atoms with Gasteiger partial charge < -0.3 is 4.74 Å². The molecule has 23 heavy (non-hydrogen) atoms. The molecular formula is C18H17ClN2O2. The predicted molar refractivity (Wildman–Crippen MR) is 90.6 cm³/mol. The fourth-order valence-corrected chi connectivity index (χ4v) is 2.53. The predicted octanol–water partition coefficient (Wildman–Crippen LogP) is 3.92. The number of carbonyl (C=O) groups is 1. The normalized spacial score (nSPS) is 11.3. The number of nitrogens with zero attached hydrogens (tertiary/aromatic N) is 2. The van der Waals surface area contributed by atoms with E-state index in [2.05, 4.69) is 6.07 Å². The van der Waals surface area contributed by atoms with Crippen molar-refractivity contribution in [2.45, 2.75) is 12.5 Å². The van der Waals surface area contributed by atoms with Crippen LogP contribution in [0.5, 0.6) is 5.75 Å². The Morgan fingerprint density at radius 1 is 1.22 bits per heavy atom. The monoisotopic (exact) mass is 328 g/mol. The Morgan fingerprint density at radius 3 is 2.48 bits per heavy atom. The zero-order valence-electron chi connectivity index (χ0n) is 12.8. The van der Waals surface area contributed by atoms with E-state index in [-0.39, 0.29) is 18.2 Å². The molecule has 0 aromatic heterocycles. The van der Waals surface area contributed by atoms with Crippen molar-refractivity contribution < 1.29 is 9.53 Å². The molecule has 2 aromatic rings. The summed E-state index contributed by atoms with van der Waals surface area (Å²) in [5.74, 6) is 0.503. The first-order valence-electron chi connectivity index (χ1n) is 7.18. The van der Waals surface area contributed by atoms with Crippen LogP contribution in [0.4, 0.5) is 5.69 Å². The van der Waals surface area contributed by atoms with Crippen molar-refractivity contribution in [2.75, 3.05) is 17.9 Å². The highest BCUT2D eigenvalue weighted by Gasteiger charge is 2.28. The van der Waals surface area contributed by atoms with Crippen LogP contribution < -0.4 is 9.64 Å². The standard InChI is InChI=1S/C18H17ClN2O2/c1-23-17-10-6-5-9-15(17)21(18(22)11-12-19)16(13-20)14-7-3-2-4-8-14/h2-10,16H,11-12H2,1H3/t16-/m1/s1. The maximum Gasteiger partial charge on any atom is 0.229 e. The largest absolute Gasteiger partial charge is 0.495 e. The van der Waals surface area contributed by atoms with E-state index < -0.39 is 6.04 Å². The molecule has 4 nitrogen and oxygen atoms in total. The molecule has 1 atom stereocenters. The van der Waals surface area contributed by atoms with Gasteiger partial charge in [0.15, 0.2) is 0 Å². The average molecular weight is 329 g/mol. The Hall–Kier alpha value is -2.51. The van der Waals surface area contributed by atoms with Crippen LogP contribution in [0.15, 0.2) is 54.6 Å². The van der Waals surface area contributed by atoms with E-state index in [0.717, 1.165) is 5.56 Å². The van der Waals surface area contributed by atoms with Crippen molar-refractivity contribution >= 4 is 23.2 Å². The highest BCUT2D eigenvalue weighted by atomic mass is 35.5. The summed E-state index contributed by atoms with van der Waals surface area (Å²) in [5, 5.41) is 9.67. The third-order valence-corrected chi connectivity index (χ3v) is 3.61. The van der Waals surface area contributed by atoms with Crippen molar-refractivity contribution in [1.82, 2.24) is 0 Å². The fraction of sp³-hybridized carbons (Fsp3) is 0.222. The number of ether oxygens (including phenoxy) is 1. The minimum absolute atomic E-state index is 0.143. The lowest BCUT2D eigenvalue weighted by atomic mass is 10.0. The van der Waals surface area contributed by atoms with Gasteiger partial charge in [0.05, 0.1) is 18.9 Å². The third kappa shape index (κ3) is 3.82. The number of anilines is 1. The molecule has 0 aliphatic rings. The molecule has 2 rings (SSSR count). The van der Waals surface area contributed by atoms with Crippen LogP contribution in [0.25, 0.3) is 0 Å². The highest BCUT2D eigenvalue weighted by Crippen LogP contribution is 2.34. The quantitative estimate of drug-likeness (QED) is 0.755. The molecule has 0 saturated heterocycles. The number of benzene rings is 2. The van der Waals surface area contributed by atoms with Gasteiger partial charge in [-0.25, -0.2) is 0 Å². The van der Waals surface area contributed by atoms with E-state index >= 15 is 0 Å². The van der Waals surface area contributed by atoms with Gasteiger partial charge in [-0.2, -0.15) is 5.26 Å². The summed E-state index contributed by atoms with van der Waals surface area (Å²) in [5.41, 5.74) is 1.30. The number of hydrogen-bond donors (Lipinski definition) is 0. The van der Waals surface area contributed by atoms with Gasteiger partial charge in [-0.05, 0) is 17.7 Å². The molecular weight excluding hydrogens is 312 g/mol. The number of amides is 1. The second-order valence-electron chi connectivity index (χ2n) is 4.82. The topological polar surface area (TPSA) is 53.3 Å². The first-order valence-corrected chi connectivity index (χ1v) is 7.72. The van der Waals surface area contributed by atoms with Crippen LogP contribution in [0.3, 0.4) is 0 Å². The van der Waals surface area contributed by atoms with Gasteiger partial charge in [-0.15, -0.1) is 11.6 Å². The van der Waals surface area contributed by atoms with Gasteiger partial charge in [-0.3, -0.25) is 9.69 Å². The van der Waals surface area contributed by atoms with Crippen molar-refractivity contribution in [2.24, 2.45) is 0 Å². The first kappa shape index (κ1) is 16.9. The summed E-state index contributed by atoms with van der Waals surface area (Å²) in [7, 11) is 1.53. The van der Waals surface area contributed by atoms with Crippen molar-refractivity contribution in [3.8, 4) is 11.8 Å². The molecule has 0 N–H and O–H groups in total. The summed E-state index contributed by atoms with van der Waals surface area (Å²) in [6.45, 7) is 0. The molecule has 0 aliphatic carbocycles. The van der Waals surface area contributed by atoms with Crippen LogP contribution in [-0.4, -0.2) is 18.9 Å². The minimum atomic E-state index is -0.747. The lowest BCUT2D eigenvalue weighted by molar-refractivity contribution is -0.118. The lowest BCUT2D eigenvalue weighted by Gasteiger charge is -2.29. The second kappa shape index (κ2) is 8.21. The molecule has 118 valence electrons. The molecule has 0 bridgehead atoms. The number of halogens is 1. The van der Waals surface area contributed by atoms with Crippen LogP contribution in [0.1, 0.15) is 18.0 Å². The van der Waals surface area contributed by atoms with E-state index in [1.165, 1.54) is 12.0 Å². The highest BCUT2D eigenvalue weighted by molar-refractivity contribution is 6.19. The zero-order chi connectivity index (χ0) is 16.7. The number of para-hydroxylation sites is 2. The Labute approximate surface area is 140 Å². The molecule has 5 heteroatoms. The van der Waals surface area contributed by atoms with E-state index in [0.29, 0.717) is 11.4 Å². The Kier molecular flexibility index (Phi) is 6.02. The zero-order valence-corrected chi connectivity index (χ0v) is 13.5. The molecule has 0 fully saturated rings. The van der Waals surface area contributed by atoms with Gasteiger partial charge in [0, 0.05) is 12.3 Å². The molecule has 2 aromatic carbocycles. The maximum absolute atomic E-state index is 12.6. The van der Waals surface area contributed by atoms with Gasteiger partial charge in [0.2, 0.25) is 5.91 Å². The molecule has 0 unspecified atom stereocenters. The second-order valence-corrected chi connectivity index (χ2v) is 5.19. The maximum atomic E-state index is 12.6. The molecule has 0 radical (unpaired) electrons. The average Bonchev–Trinajstić information content (AvgIpc) is 2.60. The van der Waals surface area contributed by atoms with E-state index in [4.69, 9.17) is 16.3 Å². The van der Waals surface area contributed by atoms with Crippen molar-refractivity contribution in [3.05, 3.63) is 60.2 Å². The van der Waals surface area contributed by atoms with E-state index in [1.807, 2.05) is 36.4 Å². The molecule has 0 spiro atoms. The first-order chi connectivity index (χ1) is 11.2. The Morgan fingerprint density at radius 2 is 1.87 bits per heavy atom. The summed E-state index contributed by atoms with van der Waals surface area (Å²) < 4.78 is 5.35. The smallest absolute Gasteiger partial charge is 0.229 e. The van der Waals surface area contributed by atoms with Gasteiger partial charge in [0.1, 0.15) is 11.8 Å². The summed E-state index contributed by atoms with van der Waals surface area (Å²) >= 11 is 5.73. The Balaban J connectivity index is 2.54. The molecule has 0 aliphatic heterocycles. The van der Waals surface area contributed by atoms with Gasteiger partial charge in [-0.1, -0.05) is 42.5 Å². The minimum Gasteiger partial charge on any atom is -0.495 e. The summed E-state index contributed by atoms with van der Waals surface area (Å²) in [4.78, 5) is 14.1. The number of hydrogen-bond acceptors (Lipinski definition) is 3. The van der Waals surface area contributed by atoms with Gasteiger partial charge in [0.25, 0.3) is 0 Å². The SMILES string of the molecule is COc1ccccc1N(C(=O)CCCl)[C@H](C#N)c1ccccc1.